The van der Waals surface area contributed by atoms with Crippen molar-refractivity contribution in [3.63, 3.8) is 0 Å². The number of hydrogen-bond acceptors (Lipinski definition) is 7. The Bertz CT molecular complexity index is 1900. The maximum Gasteiger partial charge on any atom is 0.294 e. The second-order valence-corrected chi connectivity index (χ2v) is 11.6. The van der Waals surface area contributed by atoms with Crippen molar-refractivity contribution in [3.8, 4) is 11.3 Å². The Morgan fingerprint density at radius 2 is 1.69 bits per heavy atom. The fourth-order valence-corrected chi connectivity index (χ4v) is 5.66. The van der Waals surface area contributed by atoms with Crippen LogP contribution in [0, 0.1) is 0 Å². The molecular weight excluding hydrogens is 538 g/mol. The number of benzene rings is 3. The van der Waals surface area contributed by atoms with Gasteiger partial charge < -0.3 is 9.32 Å². The summed E-state index contributed by atoms with van der Waals surface area (Å²) in [7, 11) is -4.94. The molecule has 0 saturated carbocycles. The first-order chi connectivity index (χ1) is 18.4. The van der Waals surface area contributed by atoms with Gasteiger partial charge in [0.25, 0.3) is 10.1 Å². The fourth-order valence-electron chi connectivity index (χ4n) is 4.38. The van der Waals surface area contributed by atoms with Crippen LogP contribution < -0.4 is 15.4 Å². The van der Waals surface area contributed by atoms with E-state index in [1.165, 1.54) is 24.3 Å². The van der Waals surface area contributed by atoms with E-state index in [4.69, 9.17) is 9.56 Å². The Balaban J connectivity index is 2.00. The Labute approximate surface area is 227 Å². The molecule has 3 N–H and O–H groups in total. The predicted molar refractivity (Wildman–Crippen MR) is 154 cm³/mol. The summed E-state index contributed by atoms with van der Waals surface area (Å²) in [6.45, 7) is 5.37. The summed E-state index contributed by atoms with van der Waals surface area (Å²) in [5.41, 5.74) is 3.45. The molecule has 0 aromatic heterocycles. The first-order valence-corrected chi connectivity index (χ1v) is 14.6. The lowest BCUT2D eigenvalue weighted by Crippen LogP contribution is -2.16. The summed E-state index contributed by atoms with van der Waals surface area (Å²) in [6, 6.07) is 16.6. The number of primary sulfonamides is 1. The van der Waals surface area contributed by atoms with E-state index in [2.05, 4.69) is 11.6 Å². The minimum atomic E-state index is -4.31. The van der Waals surface area contributed by atoms with Crippen molar-refractivity contribution in [2.75, 3.05) is 19.0 Å². The van der Waals surface area contributed by atoms with Crippen molar-refractivity contribution in [3.05, 3.63) is 101 Å². The van der Waals surface area contributed by atoms with Crippen LogP contribution in [0.1, 0.15) is 12.5 Å². The molecule has 39 heavy (non-hydrogen) atoms. The minimum Gasteiger partial charge on any atom is -0.456 e. The number of sulfonamides is 1. The van der Waals surface area contributed by atoms with Crippen molar-refractivity contribution in [1.82, 2.24) is 0 Å². The third-order valence-corrected chi connectivity index (χ3v) is 8.18. The van der Waals surface area contributed by atoms with Gasteiger partial charge in [-0.1, -0.05) is 24.8 Å². The van der Waals surface area contributed by atoms with Gasteiger partial charge in [0.15, 0.2) is 0 Å². The fraction of sp³-hybridized carbons (Fsp3) is 0.107. The lowest BCUT2D eigenvalue weighted by atomic mass is 9.92. The van der Waals surface area contributed by atoms with Crippen LogP contribution in [0.5, 0.6) is 0 Å². The molecule has 1 aliphatic heterocycles. The first kappa shape index (κ1) is 28.0. The summed E-state index contributed by atoms with van der Waals surface area (Å²) >= 11 is 0. The molecule has 202 valence electrons. The average molecular weight is 566 g/mol. The van der Waals surface area contributed by atoms with E-state index < -0.39 is 20.1 Å². The van der Waals surface area contributed by atoms with Crippen LogP contribution in [0.4, 0.5) is 11.4 Å². The van der Waals surface area contributed by atoms with E-state index >= 15 is 0 Å². The van der Waals surface area contributed by atoms with Gasteiger partial charge in [0, 0.05) is 59.7 Å². The molecule has 4 rings (SSSR count). The van der Waals surface area contributed by atoms with Gasteiger partial charge in [-0.05, 0) is 55.5 Å². The summed E-state index contributed by atoms with van der Waals surface area (Å²) in [4.78, 5) is 5.77. The lowest BCUT2D eigenvalue weighted by molar-refractivity contribution is 0.483. The summed E-state index contributed by atoms with van der Waals surface area (Å²) in [6.07, 6.45) is 4.55. The molecule has 0 atom stereocenters. The highest BCUT2D eigenvalue weighted by Crippen LogP contribution is 2.42. The number of nitrogens with zero attached hydrogens (tertiary/aromatic N) is 2. The maximum absolute atomic E-state index is 12.5. The number of hydrogen-bond donors (Lipinski definition) is 2. The molecule has 0 saturated heterocycles. The van der Waals surface area contributed by atoms with Gasteiger partial charge >= 0.3 is 0 Å². The highest BCUT2D eigenvalue weighted by Gasteiger charge is 2.25. The average Bonchev–Trinajstić information content (AvgIpc) is 2.89. The third kappa shape index (κ3) is 5.57. The zero-order valence-corrected chi connectivity index (χ0v) is 23.1. The second-order valence-electron chi connectivity index (χ2n) is 8.60. The smallest absolute Gasteiger partial charge is 0.294 e. The molecule has 0 spiro atoms. The SMILES string of the molecule is C=C/C=C(\C(=C/C)S(N)(=O)=O)c1c2ccc(=NC)cc-2oc2cc(N(C)c3ccc(S(=O)(=O)O)cc3)ccc12. The van der Waals surface area contributed by atoms with Gasteiger partial charge in [0.1, 0.15) is 11.3 Å². The Morgan fingerprint density at radius 3 is 2.26 bits per heavy atom. The van der Waals surface area contributed by atoms with E-state index in [1.54, 1.807) is 51.4 Å². The molecule has 1 aliphatic carbocycles. The van der Waals surface area contributed by atoms with Crippen LogP contribution in [0.2, 0.25) is 0 Å². The zero-order chi connectivity index (χ0) is 28.5. The number of allylic oxidation sites excluding steroid dienone is 4. The van der Waals surface area contributed by atoms with Crippen molar-refractivity contribution in [2.45, 2.75) is 11.8 Å². The number of fused-ring (bicyclic) bond motifs is 2. The van der Waals surface area contributed by atoms with Gasteiger partial charge in [-0.25, -0.2) is 13.6 Å². The topological polar surface area (TPSA) is 143 Å². The molecular formula is C28H27N3O6S2. The molecule has 0 amide bonds. The number of rotatable bonds is 7. The Kier molecular flexibility index (Phi) is 7.62. The number of nitrogens with two attached hydrogens (primary N) is 1. The van der Waals surface area contributed by atoms with Crippen LogP contribution in [0.25, 0.3) is 27.9 Å². The molecule has 11 heteroatoms. The quantitative estimate of drug-likeness (QED) is 0.185. The molecule has 1 heterocycles. The molecule has 0 fully saturated rings. The van der Waals surface area contributed by atoms with Gasteiger partial charge in [0.05, 0.1) is 15.2 Å². The van der Waals surface area contributed by atoms with Crippen LogP contribution >= 0.6 is 0 Å². The standard InChI is InChI=1S/C28H27N3O6S2/c1-5-7-24(27(6-2)38(29,32)33)28-22-14-8-18(30-3)16-25(22)37-26-17-20(11-15-23(26)28)31(4)19-9-12-21(13-10-19)39(34,35)36/h5-17H,1H2,2-4H3,(H2,29,32,33)(H,34,35,36)/b24-7+,27-6+,30-18?. The Morgan fingerprint density at radius 1 is 1.03 bits per heavy atom. The van der Waals surface area contributed by atoms with E-state index in [0.29, 0.717) is 50.2 Å². The van der Waals surface area contributed by atoms with Crippen molar-refractivity contribution < 1.29 is 25.8 Å². The molecule has 2 aromatic rings. The monoisotopic (exact) mass is 565 g/mol. The molecule has 0 radical (unpaired) electrons. The summed E-state index contributed by atoms with van der Waals surface area (Å²) in [5.74, 6) is 0.484. The van der Waals surface area contributed by atoms with Crippen LogP contribution in [0.15, 0.2) is 105 Å². The normalized spacial score (nSPS) is 13.7. The highest BCUT2D eigenvalue weighted by atomic mass is 32.2. The first-order valence-electron chi connectivity index (χ1n) is 11.7. The summed E-state index contributed by atoms with van der Waals surface area (Å²) < 4.78 is 63.5. The van der Waals surface area contributed by atoms with Gasteiger partial charge in [-0.15, -0.1) is 0 Å². The Hall–Kier alpha value is -4.03. The lowest BCUT2D eigenvalue weighted by Gasteiger charge is -2.22. The van der Waals surface area contributed by atoms with Crippen molar-refractivity contribution in [2.24, 2.45) is 10.1 Å². The second kappa shape index (κ2) is 10.6. The van der Waals surface area contributed by atoms with Crippen LogP contribution in [-0.4, -0.2) is 35.5 Å². The van der Waals surface area contributed by atoms with E-state index in [0.717, 1.165) is 0 Å². The van der Waals surface area contributed by atoms with Crippen molar-refractivity contribution in [1.29, 1.82) is 0 Å². The maximum atomic E-state index is 12.5. The number of anilines is 2. The zero-order valence-electron chi connectivity index (χ0n) is 21.5. The van der Waals surface area contributed by atoms with Crippen molar-refractivity contribution >= 4 is 48.1 Å². The van der Waals surface area contributed by atoms with Gasteiger partial charge in [0.2, 0.25) is 10.0 Å². The van der Waals surface area contributed by atoms with Crippen LogP contribution in [0.3, 0.4) is 0 Å². The molecule has 0 unspecified atom stereocenters. The highest BCUT2D eigenvalue weighted by molar-refractivity contribution is 7.93. The van der Waals surface area contributed by atoms with E-state index in [1.807, 2.05) is 29.2 Å². The predicted octanol–water partition coefficient (Wildman–Crippen LogP) is 4.84. The minimum absolute atomic E-state index is 0.0550. The van der Waals surface area contributed by atoms with Gasteiger partial charge in [-0.2, -0.15) is 8.42 Å². The molecule has 9 nitrogen and oxygen atoms in total. The molecule has 0 bridgehead atoms. The largest absolute Gasteiger partial charge is 0.456 e. The van der Waals surface area contributed by atoms with Gasteiger partial charge in [-0.3, -0.25) is 9.55 Å². The summed E-state index contributed by atoms with van der Waals surface area (Å²) in [5, 5.41) is 6.90. The molecule has 2 aromatic carbocycles. The van der Waals surface area contributed by atoms with E-state index in [-0.39, 0.29) is 9.80 Å². The third-order valence-electron chi connectivity index (χ3n) is 6.24. The molecule has 2 aliphatic rings. The van der Waals surface area contributed by atoms with Crippen LogP contribution in [-0.2, 0) is 20.1 Å². The van der Waals surface area contributed by atoms with E-state index in [9.17, 15) is 21.4 Å².